The fourth-order valence-corrected chi connectivity index (χ4v) is 2.57. The molecular formula is C10H12BrN3. The molecule has 2 aliphatic rings. The second-order valence-electron chi connectivity index (χ2n) is 4.32. The maximum atomic E-state index is 4.17. The highest BCUT2D eigenvalue weighted by Crippen LogP contribution is 2.37. The van der Waals surface area contributed by atoms with Gasteiger partial charge in [-0.15, -0.1) is 0 Å². The summed E-state index contributed by atoms with van der Waals surface area (Å²) >= 11 is 3.44. The van der Waals surface area contributed by atoms with Crippen molar-refractivity contribution < 1.29 is 0 Å². The molecule has 1 aromatic heterocycles. The summed E-state index contributed by atoms with van der Waals surface area (Å²) in [6.45, 7) is 4.73. The summed E-state index contributed by atoms with van der Waals surface area (Å²) in [7, 11) is 0. The van der Waals surface area contributed by atoms with Gasteiger partial charge in [0.25, 0.3) is 0 Å². The number of hydrogen-bond donors (Lipinski definition) is 1. The Hall–Kier alpha value is -0.610. The zero-order valence-electron chi connectivity index (χ0n) is 7.83. The first kappa shape index (κ1) is 8.68. The SMILES string of the molecule is Brc1cncc(N2CC3(CNC3)C2)c1. The third kappa shape index (κ3) is 1.25. The first-order chi connectivity index (χ1) is 6.77. The minimum atomic E-state index is 0.586. The highest BCUT2D eigenvalue weighted by Gasteiger charge is 2.47. The van der Waals surface area contributed by atoms with Crippen LogP contribution in [0.4, 0.5) is 5.69 Å². The smallest absolute Gasteiger partial charge is 0.0564 e. The molecule has 0 atom stereocenters. The molecule has 3 heterocycles. The molecular weight excluding hydrogens is 242 g/mol. The molecule has 3 rings (SSSR count). The summed E-state index contributed by atoms with van der Waals surface area (Å²) in [5.74, 6) is 0. The van der Waals surface area contributed by atoms with Crippen LogP contribution in [0.1, 0.15) is 0 Å². The predicted molar refractivity (Wildman–Crippen MR) is 59.5 cm³/mol. The van der Waals surface area contributed by atoms with Crippen LogP contribution in [-0.2, 0) is 0 Å². The minimum absolute atomic E-state index is 0.586. The molecule has 0 bridgehead atoms. The van der Waals surface area contributed by atoms with Crippen LogP contribution < -0.4 is 10.2 Å². The van der Waals surface area contributed by atoms with E-state index in [1.54, 1.807) is 0 Å². The van der Waals surface area contributed by atoms with E-state index >= 15 is 0 Å². The minimum Gasteiger partial charge on any atom is -0.369 e. The van der Waals surface area contributed by atoms with Crippen molar-refractivity contribution in [1.82, 2.24) is 10.3 Å². The Labute approximate surface area is 91.6 Å². The van der Waals surface area contributed by atoms with Gasteiger partial charge in [-0.1, -0.05) is 0 Å². The third-order valence-corrected chi connectivity index (χ3v) is 3.54. The third-order valence-electron chi connectivity index (χ3n) is 3.11. The molecule has 74 valence electrons. The first-order valence-electron chi connectivity index (χ1n) is 4.84. The molecule has 2 aliphatic heterocycles. The quantitative estimate of drug-likeness (QED) is 0.817. The standard InChI is InChI=1S/C10H12BrN3/c11-8-1-9(3-12-2-8)14-6-10(7-14)4-13-5-10/h1-3,13H,4-7H2. The van der Waals surface area contributed by atoms with Gasteiger partial charge in [-0.25, -0.2) is 0 Å². The molecule has 2 fully saturated rings. The largest absolute Gasteiger partial charge is 0.369 e. The summed E-state index contributed by atoms with van der Waals surface area (Å²) in [4.78, 5) is 6.56. The maximum absolute atomic E-state index is 4.17. The van der Waals surface area contributed by atoms with Crippen molar-refractivity contribution in [1.29, 1.82) is 0 Å². The van der Waals surface area contributed by atoms with E-state index in [-0.39, 0.29) is 0 Å². The van der Waals surface area contributed by atoms with Crippen LogP contribution in [0, 0.1) is 5.41 Å². The highest BCUT2D eigenvalue weighted by atomic mass is 79.9. The Bertz CT molecular complexity index is 354. The number of anilines is 1. The van der Waals surface area contributed by atoms with Crippen molar-refractivity contribution in [3.8, 4) is 0 Å². The Balaban J connectivity index is 1.73. The van der Waals surface area contributed by atoms with Gasteiger partial charge in [0.1, 0.15) is 0 Å². The fourth-order valence-electron chi connectivity index (χ4n) is 2.22. The van der Waals surface area contributed by atoms with E-state index in [1.165, 1.54) is 31.9 Å². The van der Waals surface area contributed by atoms with E-state index in [0.717, 1.165) is 4.47 Å². The Morgan fingerprint density at radius 3 is 2.71 bits per heavy atom. The average Bonchev–Trinajstić information content (AvgIpc) is 1.98. The van der Waals surface area contributed by atoms with Crippen LogP contribution in [0.15, 0.2) is 22.9 Å². The fraction of sp³-hybridized carbons (Fsp3) is 0.500. The van der Waals surface area contributed by atoms with E-state index in [2.05, 4.69) is 37.2 Å². The molecule has 0 unspecified atom stereocenters. The van der Waals surface area contributed by atoms with Crippen molar-refractivity contribution in [2.45, 2.75) is 0 Å². The molecule has 1 aromatic rings. The number of rotatable bonds is 1. The molecule has 0 aromatic carbocycles. The second kappa shape index (κ2) is 2.94. The number of nitrogens with zero attached hydrogens (tertiary/aromatic N) is 2. The van der Waals surface area contributed by atoms with Gasteiger partial charge < -0.3 is 10.2 Å². The van der Waals surface area contributed by atoms with Crippen LogP contribution in [0.3, 0.4) is 0 Å². The molecule has 4 heteroatoms. The summed E-state index contributed by atoms with van der Waals surface area (Å²) in [5, 5.41) is 3.34. The van der Waals surface area contributed by atoms with Gasteiger partial charge >= 0.3 is 0 Å². The Morgan fingerprint density at radius 1 is 1.36 bits per heavy atom. The van der Waals surface area contributed by atoms with E-state index in [9.17, 15) is 0 Å². The van der Waals surface area contributed by atoms with Crippen molar-refractivity contribution >= 4 is 21.6 Å². The number of nitrogens with one attached hydrogen (secondary N) is 1. The molecule has 0 saturated carbocycles. The summed E-state index contributed by atoms with van der Waals surface area (Å²) in [6.07, 6.45) is 3.76. The Morgan fingerprint density at radius 2 is 2.14 bits per heavy atom. The number of halogens is 1. The van der Waals surface area contributed by atoms with Crippen LogP contribution >= 0.6 is 15.9 Å². The van der Waals surface area contributed by atoms with Crippen molar-refractivity contribution in [2.75, 3.05) is 31.1 Å². The molecule has 0 amide bonds. The van der Waals surface area contributed by atoms with Gasteiger partial charge in [0.2, 0.25) is 0 Å². The van der Waals surface area contributed by atoms with Gasteiger partial charge in [0, 0.05) is 42.3 Å². The van der Waals surface area contributed by atoms with Gasteiger partial charge in [-0.05, 0) is 22.0 Å². The summed E-state index contributed by atoms with van der Waals surface area (Å²) in [5.41, 5.74) is 1.82. The number of aromatic nitrogens is 1. The number of pyridine rings is 1. The van der Waals surface area contributed by atoms with Gasteiger partial charge in [0.05, 0.1) is 11.9 Å². The van der Waals surface area contributed by atoms with Gasteiger partial charge in [-0.3, -0.25) is 4.98 Å². The monoisotopic (exact) mass is 253 g/mol. The number of hydrogen-bond acceptors (Lipinski definition) is 3. The van der Waals surface area contributed by atoms with Crippen molar-refractivity contribution in [3.05, 3.63) is 22.9 Å². The van der Waals surface area contributed by atoms with E-state index in [0.29, 0.717) is 5.41 Å². The molecule has 2 saturated heterocycles. The van der Waals surface area contributed by atoms with Crippen molar-refractivity contribution in [2.24, 2.45) is 5.41 Å². The summed E-state index contributed by atoms with van der Waals surface area (Å²) < 4.78 is 1.06. The normalized spacial score (nSPS) is 23.1. The lowest BCUT2D eigenvalue weighted by atomic mass is 9.74. The van der Waals surface area contributed by atoms with Gasteiger partial charge in [0.15, 0.2) is 0 Å². The zero-order chi connectivity index (χ0) is 9.60. The predicted octanol–water partition coefficient (Wildman–Crippen LogP) is 1.25. The average molecular weight is 254 g/mol. The molecule has 1 spiro atoms. The lowest BCUT2D eigenvalue weighted by molar-refractivity contribution is 0.121. The molecule has 0 radical (unpaired) electrons. The van der Waals surface area contributed by atoms with E-state index in [4.69, 9.17) is 0 Å². The maximum Gasteiger partial charge on any atom is 0.0564 e. The first-order valence-corrected chi connectivity index (χ1v) is 5.63. The highest BCUT2D eigenvalue weighted by molar-refractivity contribution is 9.10. The van der Waals surface area contributed by atoms with E-state index < -0.39 is 0 Å². The van der Waals surface area contributed by atoms with Crippen LogP contribution in [0.5, 0.6) is 0 Å². The molecule has 14 heavy (non-hydrogen) atoms. The van der Waals surface area contributed by atoms with E-state index in [1.807, 2.05) is 12.4 Å². The second-order valence-corrected chi connectivity index (χ2v) is 5.24. The lowest BCUT2D eigenvalue weighted by Gasteiger charge is -2.57. The van der Waals surface area contributed by atoms with Crippen molar-refractivity contribution in [3.63, 3.8) is 0 Å². The zero-order valence-corrected chi connectivity index (χ0v) is 9.42. The molecule has 3 nitrogen and oxygen atoms in total. The van der Waals surface area contributed by atoms with Gasteiger partial charge in [-0.2, -0.15) is 0 Å². The topological polar surface area (TPSA) is 28.2 Å². The van der Waals surface area contributed by atoms with Crippen LogP contribution in [0.2, 0.25) is 0 Å². The molecule has 1 N–H and O–H groups in total. The lowest BCUT2D eigenvalue weighted by Crippen LogP contribution is -2.71. The molecule has 0 aliphatic carbocycles. The summed E-state index contributed by atoms with van der Waals surface area (Å²) in [6, 6.07) is 2.13. The van der Waals surface area contributed by atoms with Crippen LogP contribution in [0.25, 0.3) is 0 Å². The Kier molecular flexibility index (Phi) is 1.82. The van der Waals surface area contributed by atoms with Crippen LogP contribution in [-0.4, -0.2) is 31.2 Å².